The number of hydrogen-bond acceptors (Lipinski definition) is 3. The van der Waals surface area contributed by atoms with E-state index in [9.17, 15) is 15.3 Å². The van der Waals surface area contributed by atoms with Crippen LogP contribution < -0.4 is 0 Å². The summed E-state index contributed by atoms with van der Waals surface area (Å²) >= 11 is 0. The van der Waals surface area contributed by atoms with Crippen molar-refractivity contribution in [3.63, 3.8) is 0 Å². The monoisotopic (exact) mass is 324 g/mol. The highest BCUT2D eigenvalue weighted by atomic mass is 16.3. The molecule has 0 aromatic heterocycles. The highest BCUT2D eigenvalue weighted by molar-refractivity contribution is 5.06. The minimum atomic E-state index is -0.502. The minimum absolute atomic E-state index is 0.0540. The second-order valence-corrected chi connectivity index (χ2v) is 6.91. The molecule has 0 heterocycles. The molecule has 0 saturated heterocycles. The van der Waals surface area contributed by atoms with E-state index in [0.717, 1.165) is 38.5 Å². The molecular formula is C20H36O3. The lowest BCUT2D eigenvalue weighted by molar-refractivity contribution is 0.120. The van der Waals surface area contributed by atoms with Crippen LogP contribution in [0.15, 0.2) is 24.3 Å². The molecule has 134 valence electrons. The van der Waals surface area contributed by atoms with Crippen molar-refractivity contribution in [2.45, 2.75) is 89.9 Å². The van der Waals surface area contributed by atoms with E-state index in [1.807, 2.05) is 12.2 Å². The average Bonchev–Trinajstić information content (AvgIpc) is 2.79. The normalized spacial score (nSPS) is 29.8. The van der Waals surface area contributed by atoms with Gasteiger partial charge >= 0.3 is 0 Å². The van der Waals surface area contributed by atoms with Crippen LogP contribution in [0.1, 0.15) is 71.6 Å². The molecule has 0 radical (unpaired) electrons. The van der Waals surface area contributed by atoms with Gasteiger partial charge in [-0.15, -0.1) is 0 Å². The summed E-state index contributed by atoms with van der Waals surface area (Å²) in [7, 11) is 0. The Kier molecular flexibility index (Phi) is 10.5. The Morgan fingerprint density at radius 2 is 1.74 bits per heavy atom. The molecule has 0 bridgehead atoms. The van der Waals surface area contributed by atoms with Crippen LogP contribution in [-0.2, 0) is 0 Å². The molecule has 3 heteroatoms. The quantitative estimate of drug-likeness (QED) is 0.398. The van der Waals surface area contributed by atoms with Crippen molar-refractivity contribution >= 4 is 0 Å². The first-order chi connectivity index (χ1) is 11.1. The van der Waals surface area contributed by atoms with Crippen LogP contribution in [-0.4, -0.2) is 33.6 Å². The van der Waals surface area contributed by atoms with Crippen LogP contribution in [0, 0.1) is 11.8 Å². The lowest BCUT2D eigenvalue weighted by Gasteiger charge is -2.19. The lowest BCUT2D eigenvalue weighted by atomic mass is 9.89. The molecule has 1 rings (SSSR count). The molecular weight excluding hydrogens is 288 g/mol. The van der Waals surface area contributed by atoms with Crippen LogP contribution in [0.3, 0.4) is 0 Å². The molecule has 0 spiro atoms. The third kappa shape index (κ3) is 7.65. The van der Waals surface area contributed by atoms with Crippen LogP contribution >= 0.6 is 0 Å². The van der Waals surface area contributed by atoms with Gasteiger partial charge in [0.05, 0.1) is 18.3 Å². The highest BCUT2D eigenvalue weighted by Gasteiger charge is 2.39. The fraction of sp³-hybridized carbons (Fsp3) is 0.800. The van der Waals surface area contributed by atoms with Crippen LogP contribution in [0.5, 0.6) is 0 Å². The van der Waals surface area contributed by atoms with Crippen molar-refractivity contribution in [2.24, 2.45) is 11.8 Å². The number of allylic oxidation sites excluding steroid dienone is 2. The van der Waals surface area contributed by atoms with Crippen molar-refractivity contribution < 1.29 is 15.3 Å². The van der Waals surface area contributed by atoms with E-state index in [-0.39, 0.29) is 11.8 Å². The first-order valence-electron chi connectivity index (χ1n) is 9.47. The van der Waals surface area contributed by atoms with Gasteiger partial charge in [0.15, 0.2) is 0 Å². The van der Waals surface area contributed by atoms with Gasteiger partial charge in [-0.3, -0.25) is 0 Å². The van der Waals surface area contributed by atoms with Crippen molar-refractivity contribution in [1.29, 1.82) is 0 Å². The lowest BCUT2D eigenvalue weighted by Crippen LogP contribution is -2.20. The van der Waals surface area contributed by atoms with Gasteiger partial charge in [-0.1, -0.05) is 70.3 Å². The third-order valence-corrected chi connectivity index (χ3v) is 4.87. The molecule has 1 saturated carbocycles. The van der Waals surface area contributed by atoms with Crippen molar-refractivity contribution in [3.05, 3.63) is 24.3 Å². The fourth-order valence-electron chi connectivity index (χ4n) is 3.36. The van der Waals surface area contributed by atoms with Gasteiger partial charge in [0.1, 0.15) is 0 Å². The summed E-state index contributed by atoms with van der Waals surface area (Å²) in [6.45, 7) is 4.33. The molecule has 5 atom stereocenters. The largest absolute Gasteiger partial charge is 0.393 e. The first kappa shape index (κ1) is 20.4. The third-order valence-electron chi connectivity index (χ3n) is 4.87. The smallest absolute Gasteiger partial charge is 0.0721 e. The Balaban J connectivity index is 2.50. The predicted octanol–water partition coefficient (Wildman–Crippen LogP) is 3.98. The molecule has 3 N–H and O–H groups in total. The zero-order chi connectivity index (χ0) is 17.1. The van der Waals surface area contributed by atoms with E-state index in [2.05, 4.69) is 26.0 Å². The number of unbranched alkanes of at least 4 members (excludes halogenated alkanes) is 4. The van der Waals surface area contributed by atoms with Crippen LogP contribution in [0.2, 0.25) is 0 Å². The van der Waals surface area contributed by atoms with Gasteiger partial charge < -0.3 is 15.3 Å². The van der Waals surface area contributed by atoms with Gasteiger partial charge in [-0.25, -0.2) is 0 Å². The average molecular weight is 325 g/mol. The molecule has 1 fully saturated rings. The summed E-state index contributed by atoms with van der Waals surface area (Å²) in [6.07, 6.45) is 15.5. The Morgan fingerprint density at radius 3 is 2.43 bits per heavy atom. The van der Waals surface area contributed by atoms with E-state index < -0.39 is 18.3 Å². The molecule has 3 nitrogen and oxygen atoms in total. The maximum Gasteiger partial charge on any atom is 0.0721 e. The summed E-state index contributed by atoms with van der Waals surface area (Å²) in [5.74, 6) is 0.00335. The molecule has 0 aromatic carbocycles. The van der Waals surface area contributed by atoms with Gasteiger partial charge in [0.25, 0.3) is 0 Å². The molecule has 23 heavy (non-hydrogen) atoms. The van der Waals surface area contributed by atoms with E-state index in [1.165, 1.54) is 12.8 Å². The highest BCUT2D eigenvalue weighted by Crippen LogP contribution is 2.36. The van der Waals surface area contributed by atoms with Gasteiger partial charge in [-0.05, 0) is 25.2 Å². The van der Waals surface area contributed by atoms with Gasteiger partial charge in [0, 0.05) is 12.3 Å². The maximum atomic E-state index is 10.2. The summed E-state index contributed by atoms with van der Waals surface area (Å²) < 4.78 is 0. The Bertz CT molecular complexity index is 351. The maximum absolute atomic E-state index is 10.2. The number of aliphatic hydroxyl groups excluding tert-OH is 3. The van der Waals surface area contributed by atoms with E-state index >= 15 is 0 Å². The fourth-order valence-corrected chi connectivity index (χ4v) is 3.36. The van der Waals surface area contributed by atoms with Gasteiger partial charge in [-0.2, -0.15) is 0 Å². The van der Waals surface area contributed by atoms with E-state index in [0.29, 0.717) is 6.42 Å². The second kappa shape index (κ2) is 11.8. The van der Waals surface area contributed by atoms with Crippen molar-refractivity contribution in [2.75, 3.05) is 0 Å². The molecule has 0 amide bonds. The summed E-state index contributed by atoms with van der Waals surface area (Å²) in [5.41, 5.74) is 0. The topological polar surface area (TPSA) is 60.7 Å². The van der Waals surface area contributed by atoms with E-state index in [4.69, 9.17) is 0 Å². The Hall–Kier alpha value is -0.640. The van der Waals surface area contributed by atoms with E-state index in [1.54, 1.807) is 0 Å². The predicted molar refractivity (Wildman–Crippen MR) is 96.2 cm³/mol. The van der Waals surface area contributed by atoms with Crippen molar-refractivity contribution in [3.8, 4) is 0 Å². The summed E-state index contributed by atoms with van der Waals surface area (Å²) in [4.78, 5) is 0. The van der Waals surface area contributed by atoms with Crippen LogP contribution in [0.25, 0.3) is 0 Å². The number of aliphatic hydroxyl groups is 3. The molecule has 0 aliphatic heterocycles. The number of hydrogen-bond donors (Lipinski definition) is 3. The summed E-state index contributed by atoms with van der Waals surface area (Å²) in [5, 5.41) is 30.4. The SMILES string of the molecule is CCCC/C=C\C[C@H]1[C@@H](/C=C/[C@@H](O)CCCCC)[C@H](O)C[C@@H]1O. The second-order valence-electron chi connectivity index (χ2n) is 6.91. The molecule has 1 aliphatic carbocycles. The zero-order valence-corrected chi connectivity index (χ0v) is 14.9. The number of rotatable bonds is 11. The van der Waals surface area contributed by atoms with Gasteiger partial charge in [0.2, 0.25) is 0 Å². The Labute approximate surface area is 142 Å². The van der Waals surface area contributed by atoms with Crippen LogP contribution in [0.4, 0.5) is 0 Å². The first-order valence-corrected chi connectivity index (χ1v) is 9.47. The summed E-state index contributed by atoms with van der Waals surface area (Å²) in [6, 6.07) is 0. The molecule has 0 unspecified atom stereocenters. The molecule has 0 aromatic rings. The Morgan fingerprint density at radius 1 is 1.00 bits per heavy atom. The molecule has 1 aliphatic rings. The minimum Gasteiger partial charge on any atom is -0.393 e. The zero-order valence-electron chi connectivity index (χ0n) is 14.9. The standard InChI is InChI=1S/C20H36O3/c1-3-5-7-8-10-12-17-18(20(23)15-19(17)22)14-13-16(21)11-9-6-4-2/h8,10,13-14,16-23H,3-7,9,11-12,15H2,1-2H3/b10-8-,14-13+/t16-,17-,18+,19-,20+/m0/s1. The van der Waals surface area contributed by atoms with Crippen molar-refractivity contribution in [1.82, 2.24) is 0 Å².